The van der Waals surface area contributed by atoms with Crippen molar-refractivity contribution in [1.82, 2.24) is 4.90 Å². The summed E-state index contributed by atoms with van der Waals surface area (Å²) in [6.45, 7) is 0.0573. The zero-order valence-electron chi connectivity index (χ0n) is 14.8. The summed E-state index contributed by atoms with van der Waals surface area (Å²) in [7, 11) is -0.514. The van der Waals surface area contributed by atoms with Gasteiger partial charge in [0.2, 0.25) is 15.9 Å². The van der Waals surface area contributed by atoms with E-state index in [0.29, 0.717) is 23.0 Å². The molecule has 2 aromatic carbocycles. The average molecular weight is 397 g/mol. The Morgan fingerprint density at radius 1 is 1.15 bits per heavy atom. The number of carbonyl (C=O) groups excluding carboxylic acids is 1. The minimum atomic E-state index is -3.64. The summed E-state index contributed by atoms with van der Waals surface area (Å²) >= 11 is 5.86. The summed E-state index contributed by atoms with van der Waals surface area (Å²) in [5, 5.41) is 0.615. The van der Waals surface area contributed by atoms with E-state index in [9.17, 15) is 13.2 Å². The number of carbonyl (C=O) groups is 1. The first kappa shape index (κ1) is 20.1. The highest BCUT2D eigenvalue weighted by Gasteiger charge is 2.23. The van der Waals surface area contributed by atoms with Gasteiger partial charge in [-0.3, -0.25) is 9.10 Å². The van der Waals surface area contributed by atoms with Crippen molar-refractivity contribution in [3.8, 4) is 5.75 Å². The second-order valence-corrected chi connectivity index (χ2v) is 8.19. The number of likely N-dealkylation sites (N-methyl/N-ethyl adjacent to an activating group) is 1. The summed E-state index contributed by atoms with van der Waals surface area (Å²) in [5.74, 6) is 0.186. The number of ether oxygens (including phenoxy) is 1. The van der Waals surface area contributed by atoms with Crippen molar-refractivity contribution < 1.29 is 17.9 Å². The van der Waals surface area contributed by atoms with Crippen LogP contribution in [0.1, 0.15) is 5.56 Å². The third-order valence-electron chi connectivity index (χ3n) is 3.78. The molecule has 0 aliphatic carbocycles. The van der Waals surface area contributed by atoms with Crippen molar-refractivity contribution in [2.75, 3.05) is 31.3 Å². The van der Waals surface area contributed by atoms with Gasteiger partial charge in [0, 0.05) is 24.7 Å². The monoisotopic (exact) mass is 396 g/mol. The van der Waals surface area contributed by atoms with E-state index in [4.69, 9.17) is 16.3 Å². The van der Waals surface area contributed by atoms with Crippen LogP contribution in [-0.2, 0) is 21.4 Å². The molecule has 0 radical (unpaired) electrons. The zero-order chi connectivity index (χ0) is 19.3. The molecular formula is C18H21ClN2O4S. The first-order valence-corrected chi connectivity index (χ1v) is 10.0. The molecule has 0 aliphatic rings. The Kier molecular flexibility index (Phi) is 6.50. The Morgan fingerprint density at radius 3 is 2.38 bits per heavy atom. The summed E-state index contributed by atoms with van der Waals surface area (Å²) in [6, 6.07) is 13.7. The Morgan fingerprint density at radius 2 is 1.81 bits per heavy atom. The molecule has 0 bridgehead atoms. The van der Waals surface area contributed by atoms with Gasteiger partial charge in [0.15, 0.2) is 0 Å². The van der Waals surface area contributed by atoms with Gasteiger partial charge in [-0.15, -0.1) is 0 Å². The van der Waals surface area contributed by atoms with Crippen LogP contribution in [0, 0.1) is 0 Å². The first-order valence-electron chi connectivity index (χ1n) is 7.81. The lowest BCUT2D eigenvalue weighted by atomic mass is 10.2. The van der Waals surface area contributed by atoms with Gasteiger partial charge in [-0.05, 0) is 29.8 Å². The molecule has 0 N–H and O–H groups in total. The largest absolute Gasteiger partial charge is 0.497 e. The van der Waals surface area contributed by atoms with Crippen LogP contribution in [0.25, 0.3) is 0 Å². The SMILES string of the molecule is COc1cccc(N(CC(=O)N(C)Cc2ccc(Cl)cc2)S(C)(=O)=O)c1. The number of hydrogen-bond donors (Lipinski definition) is 0. The van der Waals surface area contributed by atoms with Crippen molar-refractivity contribution >= 4 is 33.2 Å². The molecule has 2 aromatic rings. The van der Waals surface area contributed by atoms with Gasteiger partial charge in [-0.25, -0.2) is 8.42 Å². The Labute approximate surface area is 159 Å². The van der Waals surface area contributed by atoms with Crippen LogP contribution >= 0.6 is 11.6 Å². The summed E-state index contributed by atoms with van der Waals surface area (Å²) in [6.07, 6.45) is 1.07. The van der Waals surface area contributed by atoms with Gasteiger partial charge >= 0.3 is 0 Å². The number of anilines is 1. The van der Waals surface area contributed by atoms with Crippen LogP contribution < -0.4 is 9.04 Å². The molecule has 0 heterocycles. The molecule has 140 valence electrons. The highest BCUT2D eigenvalue weighted by atomic mass is 35.5. The van der Waals surface area contributed by atoms with Crippen molar-refractivity contribution in [1.29, 1.82) is 0 Å². The van der Waals surface area contributed by atoms with Crippen LogP contribution in [0.3, 0.4) is 0 Å². The Hall–Kier alpha value is -2.25. The summed E-state index contributed by atoms with van der Waals surface area (Å²) in [5.41, 5.74) is 1.28. The smallest absolute Gasteiger partial charge is 0.243 e. The second kappa shape index (κ2) is 8.42. The molecule has 6 nitrogen and oxygen atoms in total. The molecule has 0 aliphatic heterocycles. The van der Waals surface area contributed by atoms with Crippen molar-refractivity contribution in [3.63, 3.8) is 0 Å². The van der Waals surface area contributed by atoms with Crippen molar-refractivity contribution in [2.24, 2.45) is 0 Å². The van der Waals surface area contributed by atoms with Crippen LogP contribution in [0.2, 0.25) is 5.02 Å². The standard InChI is InChI=1S/C18H21ClN2O4S/c1-20(12-14-7-9-15(19)10-8-14)18(22)13-21(26(3,23)24)16-5-4-6-17(11-16)25-2/h4-11H,12-13H2,1-3H3. The van der Waals surface area contributed by atoms with E-state index in [1.807, 2.05) is 12.1 Å². The fourth-order valence-corrected chi connectivity index (χ4v) is 3.33. The first-order chi connectivity index (χ1) is 12.2. The van der Waals surface area contributed by atoms with E-state index in [1.165, 1.54) is 12.0 Å². The number of rotatable bonds is 7. The number of hydrogen-bond acceptors (Lipinski definition) is 4. The number of methoxy groups -OCH3 is 1. The molecule has 0 spiro atoms. The third kappa shape index (κ3) is 5.37. The van der Waals surface area contributed by atoms with Crippen LogP contribution in [0.4, 0.5) is 5.69 Å². The molecule has 0 atom stereocenters. The molecule has 0 saturated carbocycles. The maximum atomic E-state index is 12.6. The lowest BCUT2D eigenvalue weighted by Crippen LogP contribution is -2.41. The molecule has 0 unspecified atom stereocenters. The molecule has 2 rings (SSSR count). The Bertz CT molecular complexity index is 869. The highest BCUT2D eigenvalue weighted by Crippen LogP contribution is 2.23. The molecule has 0 aromatic heterocycles. The number of halogens is 1. The van der Waals surface area contributed by atoms with E-state index in [-0.39, 0.29) is 12.5 Å². The summed E-state index contributed by atoms with van der Waals surface area (Å²) in [4.78, 5) is 14.0. The molecule has 0 fully saturated rings. The maximum Gasteiger partial charge on any atom is 0.243 e. The minimum Gasteiger partial charge on any atom is -0.497 e. The molecular weight excluding hydrogens is 376 g/mol. The fourth-order valence-electron chi connectivity index (χ4n) is 2.36. The predicted octanol–water partition coefficient (Wildman–Crippen LogP) is 2.77. The number of benzene rings is 2. The fraction of sp³-hybridized carbons (Fsp3) is 0.278. The van der Waals surface area contributed by atoms with Gasteiger partial charge in [0.1, 0.15) is 12.3 Å². The average Bonchev–Trinajstić information content (AvgIpc) is 2.60. The normalized spacial score (nSPS) is 11.1. The molecule has 0 saturated heterocycles. The zero-order valence-corrected chi connectivity index (χ0v) is 16.4. The number of sulfonamides is 1. The molecule has 1 amide bonds. The van der Waals surface area contributed by atoms with Crippen LogP contribution in [-0.4, -0.2) is 46.2 Å². The maximum absolute atomic E-state index is 12.6. The predicted molar refractivity (Wildman–Crippen MR) is 103 cm³/mol. The number of nitrogens with zero attached hydrogens (tertiary/aromatic N) is 2. The van der Waals surface area contributed by atoms with Gasteiger partial charge in [0.25, 0.3) is 0 Å². The van der Waals surface area contributed by atoms with Crippen LogP contribution in [0.15, 0.2) is 48.5 Å². The highest BCUT2D eigenvalue weighted by molar-refractivity contribution is 7.92. The quantitative estimate of drug-likeness (QED) is 0.721. The number of amides is 1. The topological polar surface area (TPSA) is 66.9 Å². The van der Waals surface area contributed by atoms with Crippen molar-refractivity contribution in [2.45, 2.75) is 6.54 Å². The van der Waals surface area contributed by atoms with Crippen molar-refractivity contribution in [3.05, 3.63) is 59.1 Å². The van der Waals surface area contributed by atoms with Gasteiger partial charge < -0.3 is 9.64 Å². The lowest BCUT2D eigenvalue weighted by molar-refractivity contribution is -0.128. The van der Waals surface area contributed by atoms with Crippen LogP contribution in [0.5, 0.6) is 5.75 Å². The molecule has 8 heteroatoms. The minimum absolute atomic E-state index is 0.296. The Balaban J connectivity index is 2.17. The van der Waals surface area contributed by atoms with E-state index >= 15 is 0 Å². The third-order valence-corrected chi connectivity index (χ3v) is 5.17. The van der Waals surface area contributed by atoms with E-state index in [0.717, 1.165) is 16.1 Å². The van der Waals surface area contributed by atoms with E-state index in [1.54, 1.807) is 43.4 Å². The van der Waals surface area contributed by atoms with Gasteiger partial charge in [0.05, 0.1) is 19.1 Å². The van der Waals surface area contributed by atoms with Gasteiger partial charge in [-0.1, -0.05) is 29.8 Å². The van der Waals surface area contributed by atoms with E-state index < -0.39 is 10.0 Å². The lowest BCUT2D eigenvalue weighted by Gasteiger charge is -2.25. The van der Waals surface area contributed by atoms with E-state index in [2.05, 4.69) is 0 Å². The van der Waals surface area contributed by atoms with Gasteiger partial charge in [-0.2, -0.15) is 0 Å². The molecule has 26 heavy (non-hydrogen) atoms. The second-order valence-electron chi connectivity index (χ2n) is 5.85. The summed E-state index contributed by atoms with van der Waals surface area (Å²) < 4.78 is 30.6.